The summed E-state index contributed by atoms with van der Waals surface area (Å²) in [6.07, 6.45) is 1.70. The van der Waals surface area contributed by atoms with Crippen LogP contribution in [0, 0.1) is 11.3 Å². The maximum Gasteiger partial charge on any atom is 0.335 e. The number of likely N-dealkylation sites (N-methyl/N-ethyl adjacent to an activating group) is 1. The summed E-state index contributed by atoms with van der Waals surface area (Å²) >= 11 is 7.75. The van der Waals surface area contributed by atoms with Crippen molar-refractivity contribution in [3.63, 3.8) is 0 Å². The minimum absolute atomic E-state index is 0.132. The normalized spacial score (nSPS) is 15.1. The first-order valence-electron chi connectivity index (χ1n) is 11.5. The highest BCUT2D eigenvalue weighted by atomic mass is 35.5. The first kappa shape index (κ1) is 26.8. The van der Waals surface area contributed by atoms with Gasteiger partial charge in [-0.15, -0.1) is 0 Å². The Labute approximate surface area is 228 Å². The molecule has 0 aromatic heterocycles. The Balaban J connectivity index is 1.59. The highest BCUT2D eigenvalue weighted by Gasteiger charge is 2.32. The molecule has 0 bridgehead atoms. The van der Waals surface area contributed by atoms with Gasteiger partial charge in [0.2, 0.25) is 0 Å². The Hall–Kier alpha value is -4.26. The number of benzene rings is 3. The maximum absolute atomic E-state index is 13.1. The van der Waals surface area contributed by atoms with Gasteiger partial charge in [-0.05, 0) is 72.8 Å². The molecule has 8 nitrogen and oxygen atoms in total. The third kappa shape index (κ3) is 5.83. The summed E-state index contributed by atoms with van der Waals surface area (Å²) in [5.41, 5.74) is 2.56. The Morgan fingerprint density at radius 2 is 1.95 bits per heavy atom. The van der Waals surface area contributed by atoms with Gasteiger partial charge in [0.15, 0.2) is 16.7 Å². The number of ether oxygens (including phenoxy) is 2. The number of methoxy groups -OCH3 is 1. The molecule has 0 atom stereocenters. The van der Waals surface area contributed by atoms with E-state index in [0.29, 0.717) is 50.0 Å². The van der Waals surface area contributed by atoms with Crippen molar-refractivity contribution in [1.82, 2.24) is 4.90 Å². The van der Waals surface area contributed by atoms with E-state index in [1.807, 2.05) is 13.0 Å². The third-order valence-corrected chi connectivity index (χ3v) is 6.89. The second kappa shape index (κ2) is 11.9. The number of carbonyl (C=O) groups is 2. The van der Waals surface area contributed by atoms with E-state index in [9.17, 15) is 14.9 Å². The van der Waals surface area contributed by atoms with Gasteiger partial charge >= 0.3 is 5.97 Å². The Kier molecular flexibility index (Phi) is 8.36. The number of amides is 1. The molecule has 0 spiro atoms. The van der Waals surface area contributed by atoms with E-state index in [1.165, 1.54) is 31.0 Å². The van der Waals surface area contributed by atoms with Crippen LogP contribution in [0.25, 0.3) is 6.08 Å². The van der Waals surface area contributed by atoms with Crippen molar-refractivity contribution in [3.8, 4) is 17.6 Å². The number of nitriles is 1. The Morgan fingerprint density at radius 3 is 2.61 bits per heavy atom. The van der Waals surface area contributed by atoms with Crippen LogP contribution in [0.3, 0.4) is 0 Å². The number of carbonyl (C=O) groups excluding carboxylic acids is 1. The Bertz CT molecular complexity index is 1500. The van der Waals surface area contributed by atoms with Crippen LogP contribution in [0.4, 0.5) is 5.69 Å². The van der Waals surface area contributed by atoms with E-state index >= 15 is 0 Å². The molecule has 192 valence electrons. The van der Waals surface area contributed by atoms with Gasteiger partial charge in [0, 0.05) is 12.1 Å². The lowest BCUT2D eigenvalue weighted by Crippen LogP contribution is -2.28. The van der Waals surface area contributed by atoms with Crippen molar-refractivity contribution < 1.29 is 24.2 Å². The van der Waals surface area contributed by atoms with Crippen molar-refractivity contribution in [2.45, 2.75) is 13.5 Å². The molecule has 0 radical (unpaired) electrons. The van der Waals surface area contributed by atoms with E-state index < -0.39 is 5.97 Å². The largest absolute Gasteiger partial charge is 0.493 e. The fourth-order valence-electron chi connectivity index (χ4n) is 3.68. The molecule has 1 amide bonds. The number of nitrogens with zero attached hydrogens (tertiary/aromatic N) is 3. The molecule has 0 saturated carbocycles. The molecule has 0 unspecified atom stereocenters. The second-order valence-corrected chi connectivity index (χ2v) is 9.41. The van der Waals surface area contributed by atoms with Crippen molar-refractivity contribution in [2.75, 3.05) is 13.7 Å². The van der Waals surface area contributed by atoms with Crippen molar-refractivity contribution in [1.29, 1.82) is 5.26 Å². The molecule has 38 heavy (non-hydrogen) atoms. The molecule has 3 aromatic carbocycles. The monoisotopic (exact) mass is 547 g/mol. The van der Waals surface area contributed by atoms with Crippen LogP contribution in [0.5, 0.6) is 11.5 Å². The zero-order valence-electron chi connectivity index (χ0n) is 20.5. The third-order valence-electron chi connectivity index (χ3n) is 5.60. The van der Waals surface area contributed by atoms with E-state index in [2.05, 4.69) is 11.1 Å². The average molecular weight is 548 g/mol. The number of carboxylic acids is 1. The minimum Gasteiger partial charge on any atom is -0.493 e. The molecule has 1 saturated heterocycles. The summed E-state index contributed by atoms with van der Waals surface area (Å²) in [5.74, 6) is -0.514. The summed E-state index contributed by atoms with van der Waals surface area (Å²) in [4.78, 5) is 30.7. The van der Waals surface area contributed by atoms with Gasteiger partial charge in [0.25, 0.3) is 5.91 Å². The fraction of sp³-hybridized carbons (Fsp3) is 0.143. The van der Waals surface area contributed by atoms with Gasteiger partial charge in [0.05, 0.1) is 39.9 Å². The predicted molar refractivity (Wildman–Crippen MR) is 147 cm³/mol. The lowest BCUT2D eigenvalue weighted by Gasteiger charge is -2.14. The molecule has 0 aliphatic carbocycles. The van der Waals surface area contributed by atoms with E-state index in [-0.39, 0.29) is 18.1 Å². The smallest absolute Gasteiger partial charge is 0.335 e. The highest BCUT2D eigenvalue weighted by Crippen LogP contribution is 2.40. The summed E-state index contributed by atoms with van der Waals surface area (Å²) in [6, 6.07) is 18.8. The number of aliphatic imine (C=N–C) groups is 1. The molecule has 1 aliphatic rings. The predicted octanol–water partition coefficient (Wildman–Crippen LogP) is 6.12. The van der Waals surface area contributed by atoms with Crippen LogP contribution < -0.4 is 9.47 Å². The summed E-state index contributed by atoms with van der Waals surface area (Å²) < 4.78 is 11.4. The number of amidine groups is 1. The van der Waals surface area contributed by atoms with Crippen LogP contribution in [-0.2, 0) is 11.4 Å². The van der Waals surface area contributed by atoms with Crippen LogP contribution in [0.15, 0.2) is 70.6 Å². The van der Waals surface area contributed by atoms with E-state index in [4.69, 9.17) is 26.2 Å². The first-order valence-corrected chi connectivity index (χ1v) is 12.7. The van der Waals surface area contributed by atoms with Crippen molar-refractivity contribution in [2.24, 2.45) is 4.99 Å². The van der Waals surface area contributed by atoms with Gasteiger partial charge in [-0.3, -0.25) is 9.69 Å². The number of rotatable bonds is 8. The topological polar surface area (TPSA) is 112 Å². The quantitative estimate of drug-likeness (QED) is 0.338. The minimum atomic E-state index is -1.02. The SMILES string of the molecule is CCN1C(=O)/C(=C/c2cc(Cl)c(OCc3ccccc3C#N)c(OC)c2)SC1=Nc1ccc(C(=O)O)cc1. The van der Waals surface area contributed by atoms with Gasteiger partial charge in [-0.1, -0.05) is 29.8 Å². The number of thioether (sulfide) groups is 1. The van der Waals surface area contributed by atoms with E-state index in [0.717, 1.165) is 5.56 Å². The molecule has 1 fully saturated rings. The maximum atomic E-state index is 13.1. The molecule has 3 aromatic rings. The highest BCUT2D eigenvalue weighted by molar-refractivity contribution is 8.18. The average Bonchev–Trinajstić information content (AvgIpc) is 3.21. The summed E-state index contributed by atoms with van der Waals surface area (Å²) in [7, 11) is 1.49. The molecule has 10 heteroatoms. The zero-order chi connectivity index (χ0) is 27.2. The number of halogens is 1. The van der Waals surface area contributed by atoms with Crippen LogP contribution in [0.1, 0.15) is 34.0 Å². The Morgan fingerprint density at radius 1 is 1.21 bits per heavy atom. The zero-order valence-corrected chi connectivity index (χ0v) is 22.0. The standard InChI is InChI=1S/C28H22ClN3O5S/c1-3-32-26(33)24(38-28(32)31-21-10-8-18(9-11-21)27(34)35)14-17-12-22(29)25(23(13-17)36-2)37-16-20-7-5-4-6-19(20)15-30/h4-14H,3,16H2,1-2H3,(H,34,35)/b24-14-,31-28?. The van der Waals surface area contributed by atoms with Gasteiger partial charge in [0.1, 0.15) is 6.61 Å². The second-order valence-electron chi connectivity index (χ2n) is 8.00. The molecule has 1 aliphatic heterocycles. The van der Waals surface area contributed by atoms with Gasteiger partial charge in [-0.25, -0.2) is 9.79 Å². The first-order chi connectivity index (χ1) is 18.3. The van der Waals surface area contributed by atoms with Crippen LogP contribution >= 0.6 is 23.4 Å². The lowest BCUT2D eigenvalue weighted by atomic mass is 10.1. The number of hydrogen-bond donors (Lipinski definition) is 1. The van der Waals surface area contributed by atoms with E-state index in [1.54, 1.807) is 53.4 Å². The molecular formula is C28H22ClN3O5S. The summed E-state index contributed by atoms with van der Waals surface area (Å²) in [6.45, 7) is 2.39. The van der Waals surface area contributed by atoms with Crippen LogP contribution in [0.2, 0.25) is 5.02 Å². The molecule has 1 heterocycles. The van der Waals surface area contributed by atoms with Gasteiger partial charge in [-0.2, -0.15) is 5.26 Å². The molecule has 4 rings (SSSR count). The van der Waals surface area contributed by atoms with Crippen molar-refractivity contribution in [3.05, 3.63) is 92.8 Å². The van der Waals surface area contributed by atoms with Gasteiger partial charge < -0.3 is 14.6 Å². The summed E-state index contributed by atoms with van der Waals surface area (Å²) in [5, 5.41) is 19.2. The van der Waals surface area contributed by atoms with Crippen molar-refractivity contribution >= 4 is 52.2 Å². The number of hydrogen-bond acceptors (Lipinski definition) is 7. The number of carboxylic acid groups (broad SMARTS) is 1. The fourth-order valence-corrected chi connectivity index (χ4v) is 5.02. The van der Waals surface area contributed by atoms with Crippen LogP contribution in [-0.4, -0.2) is 40.7 Å². The molecular weight excluding hydrogens is 526 g/mol. The lowest BCUT2D eigenvalue weighted by molar-refractivity contribution is -0.122. The number of aromatic carboxylic acids is 1. The molecule has 1 N–H and O–H groups in total.